The number of methoxy groups -OCH3 is 2. The lowest BCUT2D eigenvalue weighted by Gasteiger charge is -2.25. The van der Waals surface area contributed by atoms with Crippen LogP contribution in [-0.2, 0) is 19.5 Å². The maximum Gasteiger partial charge on any atom is 0.129 e. The number of hydrogen-bond donors (Lipinski definition) is 0. The molecule has 29 heavy (non-hydrogen) atoms. The normalized spacial score (nSPS) is 12.3. The fraction of sp³-hybridized carbons (Fsp3) is 0.240. The van der Waals surface area contributed by atoms with Gasteiger partial charge in [0.05, 0.1) is 14.2 Å². The van der Waals surface area contributed by atoms with Gasteiger partial charge in [-0.15, -0.1) is 0 Å². The largest absolute Gasteiger partial charge is 0.497 e. The third kappa shape index (κ3) is 4.27. The van der Waals surface area contributed by atoms with Gasteiger partial charge in [0.2, 0.25) is 0 Å². The average Bonchev–Trinajstić information content (AvgIpc) is 3.14. The van der Waals surface area contributed by atoms with E-state index < -0.39 is 0 Å². The van der Waals surface area contributed by atoms with E-state index in [2.05, 4.69) is 48.2 Å². The predicted molar refractivity (Wildman–Crippen MR) is 117 cm³/mol. The number of aromatic nitrogens is 1. The highest BCUT2D eigenvalue weighted by atomic mass is 16.5. The molecule has 1 aromatic heterocycles. The lowest BCUT2D eigenvalue weighted by Crippen LogP contribution is -2.23. The van der Waals surface area contributed by atoms with Gasteiger partial charge in [0.1, 0.15) is 17.3 Å². The molecule has 0 aliphatic heterocycles. The van der Waals surface area contributed by atoms with Gasteiger partial charge in [-0.05, 0) is 71.5 Å². The van der Waals surface area contributed by atoms with E-state index in [1.54, 1.807) is 14.2 Å². The smallest absolute Gasteiger partial charge is 0.129 e. The number of ether oxygens (including phenoxy) is 2. The highest BCUT2D eigenvalue weighted by Crippen LogP contribution is 2.30. The number of pyridine rings is 1. The molecule has 2 aromatic carbocycles. The first-order chi connectivity index (χ1) is 14.2. The van der Waals surface area contributed by atoms with Crippen LogP contribution in [0.25, 0.3) is 5.57 Å². The van der Waals surface area contributed by atoms with Gasteiger partial charge in [0, 0.05) is 19.3 Å². The minimum atomic E-state index is 0.772. The van der Waals surface area contributed by atoms with Gasteiger partial charge in [-0.25, -0.2) is 4.98 Å². The number of benzene rings is 2. The Hall–Kier alpha value is -3.27. The molecule has 1 heterocycles. The topological polar surface area (TPSA) is 34.6 Å². The lowest BCUT2D eigenvalue weighted by molar-refractivity contribution is 0.414. The minimum absolute atomic E-state index is 0.772. The summed E-state index contributed by atoms with van der Waals surface area (Å²) >= 11 is 0. The third-order valence-electron chi connectivity index (χ3n) is 5.42. The van der Waals surface area contributed by atoms with Crippen molar-refractivity contribution >= 4 is 11.4 Å². The molecule has 1 aliphatic rings. The maximum atomic E-state index is 5.29. The van der Waals surface area contributed by atoms with Crippen LogP contribution in [-0.4, -0.2) is 19.2 Å². The number of nitrogens with zero attached hydrogens (tertiary/aromatic N) is 2. The Balaban J connectivity index is 1.62. The monoisotopic (exact) mass is 386 g/mol. The fourth-order valence-electron chi connectivity index (χ4n) is 3.67. The summed E-state index contributed by atoms with van der Waals surface area (Å²) in [7, 11) is 3.38. The van der Waals surface area contributed by atoms with E-state index >= 15 is 0 Å². The molecule has 0 amide bonds. The summed E-state index contributed by atoms with van der Waals surface area (Å²) in [5.74, 6) is 2.74. The Morgan fingerprint density at radius 2 is 1.41 bits per heavy atom. The van der Waals surface area contributed by atoms with Crippen LogP contribution in [0.15, 0.2) is 66.9 Å². The van der Waals surface area contributed by atoms with Gasteiger partial charge in [-0.2, -0.15) is 0 Å². The van der Waals surface area contributed by atoms with E-state index in [0.29, 0.717) is 0 Å². The van der Waals surface area contributed by atoms with Crippen molar-refractivity contribution in [2.75, 3.05) is 19.1 Å². The van der Waals surface area contributed by atoms with E-state index in [9.17, 15) is 0 Å². The molecular weight excluding hydrogens is 360 g/mol. The van der Waals surface area contributed by atoms with Crippen molar-refractivity contribution in [1.82, 2.24) is 4.98 Å². The Kier molecular flexibility index (Phi) is 5.52. The molecular formula is C25H26N2O2. The molecule has 0 saturated heterocycles. The van der Waals surface area contributed by atoms with E-state index in [0.717, 1.165) is 36.8 Å². The second-order valence-electron chi connectivity index (χ2n) is 7.34. The van der Waals surface area contributed by atoms with Gasteiger partial charge >= 0.3 is 0 Å². The first-order valence-electron chi connectivity index (χ1n) is 9.83. The SMILES string of the molecule is COc1ccc(CN(Cc2ccc(OC)cc2)c2cc3c(cn2)C(C)=CC3)cc1. The molecule has 0 N–H and O–H groups in total. The zero-order chi connectivity index (χ0) is 20.2. The average molecular weight is 386 g/mol. The Bertz CT molecular complexity index is 958. The molecule has 0 radical (unpaired) electrons. The molecule has 3 aromatic rings. The molecule has 148 valence electrons. The molecule has 0 bridgehead atoms. The summed E-state index contributed by atoms with van der Waals surface area (Å²) in [6.45, 7) is 3.70. The van der Waals surface area contributed by atoms with E-state index in [4.69, 9.17) is 14.5 Å². The minimum Gasteiger partial charge on any atom is -0.497 e. The zero-order valence-electron chi connectivity index (χ0n) is 17.2. The number of fused-ring (bicyclic) bond motifs is 1. The van der Waals surface area contributed by atoms with Gasteiger partial charge in [-0.3, -0.25) is 0 Å². The molecule has 0 spiro atoms. The molecule has 4 nitrogen and oxygen atoms in total. The molecule has 0 atom stereocenters. The van der Waals surface area contributed by atoms with Gasteiger partial charge in [-0.1, -0.05) is 30.3 Å². The summed E-state index contributed by atoms with van der Waals surface area (Å²) in [5.41, 5.74) is 6.37. The van der Waals surface area contributed by atoms with Crippen molar-refractivity contribution in [3.8, 4) is 11.5 Å². The van der Waals surface area contributed by atoms with Crippen LogP contribution in [0.2, 0.25) is 0 Å². The number of anilines is 1. The molecule has 1 aliphatic carbocycles. The quantitative estimate of drug-likeness (QED) is 0.554. The third-order valence-corrected chi connectivity index (χ3v) is 5.42. The highest BCUT2D eigenvalue weighted by molar-refractivity contribution is 5.72. The van der Waals surface area contributed by atoms with Crippen molar-refractivity contribution < 1.29 is 9.47 Å². The fourth-order valence-corrected chi connectivity index (χ4v) is 3.67. The molecule has 0 fully saturated rings. The van der Waals surface area contributed by atoms with Crippen LogP contribution in [0.1, 0.15) is 29.2 Å². The maximum absolute atomic E-state index is 5.29. The van der Waals surface area contributed by atoms with E-state index in [1.807, 2.05) is 30.5 Å². The number of allylic oxidation sites excluding steroid dienone is 2. The predicted octanol–water partition coefficient (Wildman–Crippen LogP) is 5.27. The Morgan fingerprint density at radius 1 is 0.862 bits per heavy atom. The highest BCUT2D eigenvalue weighted by Gasteiger charge is 2.16. The van der Waals surface area contributed by atoms with Crippen LogP contribution < -0.4 is 14.4 Å². The summed E-state index contributed by atoms with van der Waals surface area (Å²) < 4.78 is 10.6. The first-order valence-corrected chi connectivity index (χ1v) is 9.83. The van der Waals surface area contributed by atoms with Gasteiger partial charge in [0.25, 0.3) is 0 Å². The second kappa shape index (κ2) is 8.39. The van der Waals surface area contributed by atoms with Crippen LogP contribution in [0.3, 0.4) is 0 Å². The van der Waals surface area contributed by atoms with Crippen molar-refractivity contribution in [2.45, 2.75) is 26.4 Å². The van der Waals surface area contributed by atoms with Crippen molar-refractivity contribution in [3.05, 3.63) is 89.1 Å². The van der Waals surface area contributed by atoms with Crippen LogP contribution in [0, 0.1) is 0 Å². The van der Waals surface area contributed by atoms with Crippen molar-refractivity contribution in [2.24, 2.45) is 0 Å². The van der Waals surface area contributed by atoms with Crippen molar-refractivity contribution in [3.63, 3.8) is 0 Å². The van der Waals surface area contributed by atoms with Gasteiger partial charge in [0.15, 0.2) is 0 Å². The summed E-state index contributed by atoms with van der Waals surface area (Å²) in [5, 5.41) is 0. The molecule has 0 saturated carbocycles. The van der Waals surface area contributed by atoms with E-state index in [1.165, 1.54) is 27.8 Å². The van der Waals surface area contributed by atoms with Gasteiger partial charge < -0.3 is 14.4 Å². The van der Waals surface area contributed by atoms with Crippen molar-refractivity contribution in [1.29, 1.82) is 0 Å². The Morgan fingerprint density at radius 3 is 1.93 bits per heavy atom. The number of rotatable bonds is 7. The van der Waals surface area contributed by atoms with Crippen LogP contribution >= 0.6 is 0 Å². The standard InChI is InChI=1S/C25H26N2O2/c1-18-4-9-21-14-25(26-15-24(18)21)27(16-19-5-10-22(28-2)11-6-19)17-20-7-12-23(29-3)13-8-20/h4-8,10-15H,9,16-17H2,1-3H3. The molecule has 4 rings (SSSR count). The second-order valence-corrected chi connectivity index (χ2v) is 7.34. The lowest BCUT2D eigenvalue weighted by atomic mass is 10.1. The Labute approximate surface area is 172 Å². The van der Waals surface area contributed by atoms with Crippen LogP contribution in [0.4, 0.5) is 5.82 Å². The van der Waals surface area contributed by atoms with Crippen LogP contribution in [0.5, 0.6) is 11.5 Å². The summed E-state index contributed by atoms with van der Waals surface area (Å²) in [6.07, 6.45) is 5.27. The summed E-state index contributed by atoms with van der Waals surface area (Å²) in [4.78, 5) is 7.11. The summed E-state index contributed by atoms with van der Waals surface area (Å²) in [6, 6.07) is 18.7. The molecule has 0 unspecified atom stereocenters. The zero-order valence-corrected chi connectivity index (χ0v) is 17.2. The molecule has 4 heteroatoms. The number of hydrogen-bond acceptors (Lipinski definition) is 4. The first kappa shape index (κ1) is 19.1. The van der Waals surface area contributed by atoms with E-state index in [-0.39, 0.29) is 0 Å².